The number of benzene rings is 1. The Kier molecular flexibility index (Phi) is 5.69. The van der Waals surface area contributed by atoms with Crippen molar-refractivity contribution >= 4 is 38.8 Å². The predicted molar refractivity (Wildman–Crippen MR) is 122 cm³/mol. The van der Waals surface area contributed by atoms with Crippen LogP contribution in [0.15, 0.2) is 52.2 Å². The van der Waals surface area contributed by atoms with Gasteiger partial charge in [-0.05, 0) is 41.5 Å². The van der Waals surface area contributed by atoms with Gasteiger partial charge < -0.3 is 4.74 Å². The van der Waals surface area contributed by atoms with Crippen molar-refractivity contribution in [3.05, 3.63) is 68.9 Å². The first kappa shape index (κ1) is 20.3. The van der Waals surface area contributed by atoms with Crippen molar-refractivity contribution in [2.75, 3.05) is 12.0 Å². The number of thiophene rings is 2. The molecule has 3 aromatic heterocycles. The molecule has 0 atom stereocenters. The van der Waals surface area contributed by atoms with Crippen LogP contribution in [-0.4, -0.2) is 22.2 Å². The van der Waals surface area contributed by atoms with Gasteiger partial charge in [-0.3, -0.25) is 15.0 Å². The van der Waals surface area contributed by atoms with Gasteiger partial charge in [-0.1, -0.05) is 32.0 Å². The molecule has 4 rings (SSSR count). The second-order valence-corrected chi connectivity index (χ2v) is 9.04. The lowest BCUT2D eigenvalue weighted by atomic mass is 10.0. The Morgan fingerprint density at radius 3 is 2.83 bits per heavy atom. The summed E-state index contributed by atoms with van der Waals surface area (Å²) in [5.41, 5.74) is 5.19. The summed E-state index contributed by atoms with van der Waals surface area (Å²) in [6.07, 6.45) is 1.34. The molecule has 0 aliphatic heterocycles. The molecular weight excluding hydrogens is 418 g/mol. The van der Waals surface area contributed by atoms with Crippen LogP contribution in [0.4, 0.5) is 0 Å². The van der Waals surface area contributed by atoms with Gasteiger partial charge in [-0.2, -0.15) is 0 Å². The maximum absolute atomic E-state index is 13.0. The summed E-state index contributed by atoms with van der Waals surface area (Å²) in [4.78, 5) is 31.4. The van der Waals surface area contributed by atoms with E-state index in [1.807, 2.05) is 41.9 Å². The highest BCUT2D eigenvalue weighted by Gasteiger charge is 2.15. The van der Waals surface area contributed by atoms with Gasteiger partial charge >= 0.3 is 0 Å². The molecule has 0 unspecified atom stereocenters. The monoisotopic (exact) mass is 439 g/mol. The minimum absolute atomic E-state index is 0.200. The minimum atomic E-state index is -0.430. The highest BCUT2D eigenvalue weighted by Crippen LogP contribution is 2.33. The van der Waals surface area contributed by atoms with Crippen LogP contribution in [0.1, 0.15) is 30.9 Å². The number of nitrogens with zero attached hydrogens (tertiary/aromatic N) is 2. The molecule has 0 saturated heterocycles. The number of fused-ring (bicyclic) bond motifs is 1. The van der Waals surface area contributed by atoms with Crippen molar-refractivity contribution in [2.24, 2.45) is 0 Å². The molecule has 6 nitrogen and oxygen atoms in total. The van der Waals surface area contributed by atoms with Crippen LogP contribution in [0.2, 0.25) is 0 Å². The Balaban J connectivity index is 1.53. The van der Waals surface area contributed by atoms with Gasteiger partial charge in [0.15, 0.2) is 6.61 Å². The van der Waals surface area contributed by atoms with Crippen LogP contribution in [-0.2, 0) is 4.79 Å². The molecule has 30 heavy (non-hydrogen) atoms. The van der Waals surface area contributed by atoms with Gasteiger partial charge in [0.1, 0.15) is 16.9 Å². The van der Waals surface area contributed by atoms with E-state index in [1.165, 1.54) is 17.7 Å². The van der Waals surface area contributed by atoms with E-state index in [2.05, 4.69) is 30.3 Å². The normalized spacial score (nSPS) is 11.2. The summed E-state index contributed by atoms with van der Waals surface area (Å²) in [5.74, 6) is 0.594. The number of hydrogen-bond acceptors (Lipinski definition) is 6. The first-order chi connectivity index (χ1) is 14.4. The number of ether oxygens (including phenoxy) is 1. The predicted octanol–water partition coefficient (Wildman–Crippen LogP) is 4.77. The number of nitrogens with one attached hydrogen (secondary N) is 1. The Morgan fingerprint density at radius 2 is 2.10 bits per heavy atom. The number of amides is 1. The average molecular weight is 440 g/mol. The number of aromatic nitrogens is 2. The summed E-state index contributed by atoms with van der Waals surface area (Å²) < 4.78 is 6.83. The fourth-order valence-electron chi connectivity index (χ4n) is 3.07. The molecule has 0 saturated carbocycles. The second kappa shape index (κ2) is 8.41. The zero-order chi connectivity index (χ0) is 21.3. The molecular formula is C22H21N3O3S2. The van der Waals surface area contributed by atoms with Crippen molar-refractivity contribution in [2.45, 2.75) is 26.7 Å². The number of carbonyl (C=O) groups is 1. The quantitative estimate of drug-likeness (QED) is 0.470. The number of rotatable bonds is 6. The highest BCUT2D eigenvalue weighted by molar-refractivity contribution is 7.18. The third-order valence-electron chi connectivity index (χ3n) is 4.76. The SMILES string of the molecule is Cc1ccc(C(C)C)cc1OCC(=O)Nn1cnc2scc(-c3cccs3)c2c1=O. The van der Waals surface area contributed by atoms with Crippen molar-refractivity contribution in [1.82, 2.24) is 9.66 Å². The van der Waals surface area contributed by atoms with Crippen molar-refractivity contribution < 1.29 is 9.53 Å². The Morgan fingerprint density at radius 1 is 1.27 bits per heavy atom. The molecule has 0 spiro atoms. The van der Waals surface area contributed by atoms with E-state index in [1.54, 1.807) is 11.3 Å². The van der Waals surface area contributed by atoms with E-state index >= 15 is 0 Å². The van der Waals surface area contributed by atoms with Gasteiger partial charge in [0.25, 0.3) is 11.5 Å². The summed E-state index contributed by atoms with van der Waals surface area (Å²) in [7, 11) is 0. The fourth-order valence-corrected chi connectivity index (χ4v) is 4.79. The molecule has 1 amide bonds. The average Bonchev–Trinajstić information content (AvgIpc) is 3.39. The van der Waals surface area contributed by atoms with Crippen LogP contribution in [0.5, 0.6) is 5.75 Å². The summed E-state index contributed by atoms with van der Waals surface area (Å²) >= 11 is 2.97. The van der Waals surface area contributed by atoms with E-state index in [9.17, 15) is 9.59 Å². The van der Waals surface area contributed by atoms with Crippen LogP contribution >= 0.6 is 22.7 Å². The van der Waals surface area contributed by atoms with Crippen LogP contribution < -0.4 is 15.7 Å². The van der Waals surface area contributed by atoms with Gasteiger partial charge in [-0.15, -0.1) is 22.7 Å². The standard InChI is InChI=1S/C22H21N3O3S2/c1-13(2)15-7-6-14(3)17(9-15)28-10-19(26)24-25-12-23-21-20(22(25)27)16(11-30-21)18-5-4-8-29-18/h4-9,11-13H,10H2,1-3H3,(H,24,26). The molecule has 0 bridgehead atoms. The smallest absolute Gasteiger partial charge is 0.281 e. The Hall–Kier alpha value is -2.97. The van der Waals surface area contributed by atoms with E-state index < -0.39 is 5.91 Å². The zero-order valence-corrected chi connectivity index (χ0v) is 18.5. The van der Waals surface area contributed by atoms with Crippen LogP contribution in [0, 0.1) is 6.92 Å². The Labute approximate surface area is 181 Å². The summed E-state index contributed by atoms with van der Waals surface area (Å²) in [6, 6.07) is 9.88. The fraction of sp³-hybridized carbons (Fsp3) is 0.227. The van der Waals surface area contributed by atoms with Gasteiger partial charge in [0.2, 0.25) is 0 Å². The third-order valence-corrected chi connectivity index (χ3v) is 6.55. The van der Waals surface area contributed by atoms with Crippen molar-refractivity contribution in [3.63, 3.8) is 0 Å². The van der Waals surface area contributed by atoms with E-state index in [0.29, 0.717) is 21.9 Å². The molecule has 0 aliphatic carbocycles. The number of aryl methyl sites for hydroxylation is 1. The van der Waals surface area contributed by atoms with E-state index in [-0.39, 0.29) is 12.2 Å². The molecule has 8 heteroatoms. The molecule has 0 radical (unpaired) electrons. The van der Waals surface area contributed by atoms with Crippen molar-refractivity contribution in [1.29, 1.82) is 0 Å². The topological polar surface area (TPSA) is 73.2 Å². The molecule has 3 heterocycles. The van der Waals surface area contributed by atoms with Crippen LogP contribution in [0.3, 0.4) is 0 Å². The van der Waals surface area contributed by atoms with Gasteiger partial charge in [0, 0.05) is 15.8 Å². The van der Waals surface area contributed by atoms with Gasteiger partial charge in [0.05, 0.1) is 5.39 Å². The number of carbonyl (C=O) groups excluding carboxylic acids is 1. The van der Waals surface area contributed by atoms with Crippen LogP contribution in [0.25, 0.3) is 20.7 Å². The second-order valence-electron chi connectivity index (χ2n) is 7.23. The molecule has 0 fully saturated rings. The lowest BCUT2D eigenvalue weighted by molar-refractivity contribution is -0.119. The van der Waals surface area contributed by atoms with Gasteiger partial charge in [-0.25, -0.2) is 9.66 Å². The highest BCUT2D eigenvalue weighted by atomic mass is 32.1. The lowest BCUT2D eigenvalue weighted by Gasteiger charge is -2.13. The van der Waals surface area contributed by atoms with Crippen molar-refractivity contribution in [3.8, 4) is 16.2 Å². The van der Waals surface area contributed by atoms with E-state index in [4.69, 9.17) is 4.74 Å². The molecule has 0 aliphatic rings. The lowest BCUT2D eigenvalue weighted by Crippen LogP contribution is -2.35. The summed E-state index contributed by atoms with van der Waals surface area (Å²) in [6.45, 7) is 5.94. The minimum Gasteiger partial charge on any atom is -0.483 e. The maximum atomic E-state index is 13.0. The zero-order valence-electron chi connectivity index (χ0n) is 16.8. The molecule has 154 valence electrons. The number of hydrogen-bond donors (Lipinski definition) is 1. The summed E-state index contributed by atoms with van der Waals surface area (Å²) in [5, 5.41) is 4.39. The maximum Gasteiger partial charge on any atom is 0.281 e. The van der Waals surface area contributed by atoms with E-state index in [0.717, 1.165) is 26.2 Å². The molecule has 4 aromatic rings. The first-order valence-electron chi connectivity index (χ1n) is 9.50. The third kappa shape index (κ3) is 4.01. The Bertz CT molecular complexity index is 1260. The largest absolute Gasteiger partial charge is 0.483 e. The first-order valence-corrected chi connectivity index (χ1v) is 11.3. The molecule has 1 aromatic carbocycles. The molecule has 1 N–H and O–H groups in total.